The molecule has 0 atom stereocenters. The van der Waals surface area contributed by atoms with E-state index in [0.717, 1.165) is 9.13 Å². The summed E-state index contributed by atoms with van der Waals surface area (Å²) in [6, 6.07) is 10.8. The molecule has 6 nitrogen and oxygen atoms in total. The number of thiocarbonyl (C=S) groups is 1. The van der Waals surface area contributed by atoms with E-state index in [4.69, 9.17) is 33.3 Å². The zero-order valence-corrected chi connectivity index (χ0v) is 18.3. The largest absolute Gasteiger partial charge is 0.493 e. The van der Waals surface area contributed by atoms with Crippen molar-refractivity contribution in [2.24, 2.45) is 0 Å². The number of hydrogen-bond acceptors (Lipinski definition) is 5. The normalized spacial score (nSPS) is 13.7. The van der Waals surface area contributed by atoms with Crippen molar-refractivity contribution in [1.29, 1.82) is 0 Å². The highest BCUT2D eigenvalue weighted by Crippen LogP contribution is 2.35. The highest BCUT2D eigenvalue weighted by atomic mass is 127. The molecule has 0 unspecified atom stereocenters. The molecule has 1 saturated heterocycles. The molecule has 2 N–H and O–H groups in total. The summed E-state index contributed by atoms with van der Waals surface area (Å²) >= 11 is 12.8. The predicted molar refractivity (Wildman–Crippen MR) is 118 cm³/mol. The minimum absolute atomic E-state index is 0.00902. The van der Waals surface area contributed by atoms with Crippen LogP contribution in [0.3, 0.4) is 0 Å². The number of carbonyl (C=O) groups excluding carboxylic acids is 2. The summed E-state index contributed by atoms with van der Waals surface area (Å²) in [6.45, 7) is 0.340. The maximum Gasteiger partial charge on any atom is 0.263 e. The monoisotopic (exact) mass is 528 g/mol. The average Bonchev–Trinajstić information content (AvgIpc) is 2.64. The van der Waals surface area contributed by atoms with Crippen LogP contribution in [-0.2, 0) is 16.2 Å². The fraction of sp³-hybridized carbons (Fsp3) is 0.105. The lowest BCUT2D eigenvalue weighted by atomic mass is 10.1. The number of carbonyl (C=O) groups is 2. The molecule has 0 saturated carbocycles. The molecule has 0 spiro atoms. The number of hydrogen-bond donors (Lipinski definition) is 2. The van der Waals surface area contributed by atoms with Crippen LogP contribution in [0.15, 0.2) is 42.0 Å². The molecule has 1 fully saturated rings. The second kappa shape index (κ2) is 8.89. The zero-order valence-electron chi connectivity index (χ0n) is 14.5. The van der Waals surface area contributed by atoms with E-state index in [2.05, 4.69) is 33.2 Å². The van der Waals surface area contributed by atoms with Gasteiger partial charge in [0.1, 0.15) is 12.2 Å². The number of rotatable bonds is 5. The predicted octanol–water partition coefficient (Wildman–Crippen LogP) is 3.45. The third-order valence-electron chi connectivity index (χ3n) is 3.80. The Morgan fingerprint density at radius 1 is 1.14 bits per heavy atom. The maximum atomic E-state index is 12.0. The summed E-state index contributed by atoms with van der Waals surface area (Å²) < 4.78 is 12.1. The van der Waals surface area contributed by atoms with Crippen molar-refractivity contribution in [3.63, 3.8) is 0 Å². The van der Waals surface area contributed by atoms with Crippen LogP contribution in [0.2, 0.25) is 5.02 Å². The third-order valence-corrected chi connectivity index (χ3v) is 5.06. The van der Waals surface area contributed by atoms with Crippen molar-refractivity contribution in [1.82, 2.24) is 10.6 Å². The minimum atomic E-state index is -0.550. The number of ether oxygens (including phenoxy) is 2. The second-order valence-corrected chi connectivity index (χ2v) is 7.75. The molecule has 0 aromatic heterocycles. The summed E-state index contributed by atoms with van der Waals surface area (Å²) in [6.07, 6.45) is 1.47. The van der Waals surface area contributed by atoms with Crippen LogP contribution in [-0.4, -0.2) is 24.0 Å². The quantitative estimate of drug-likeness (QED) is 0.269. The van der Waals surface area contributed by atoms with Gasteiger partial charge in [0, 0.05) is 5.02 Å². The minimum Gasteiger partial charge on any atom is -0.493 e. The number of nitrogens with one attached hydrogen (secondary N) is 2. The lowest BCUT2D eigenvalue weighted by Crippen LogP contribution is -2.51. The van der Waals surface area contributed by atoms with E-state index in [-0.39, 0.29) is 10.7 Å². The molecule has 0 bridgehead atoms. The van der Waals surface area contributed by atoms with E-state index in [0.29, 0.717) is 28.7 Å². The fourth-order valence-corrected chi connectivity index (χ4v) is 3.56. The summed E-state index contributed by atoms with van der Waals surface area (Å²) in [7, 11) is 1.52. The van der Waals surface area contributed by atoms with E-state index in [1.165, 1.54) is 13.2 Å². The molecule has 2 amide bonds. The van der Waals surface area contributed by atoms with E-state index in [1.807, 2.05) is 12.1 Å². The molecule has 9 heteroatoms. The highest BCUT2D eigenvalue weighted by molar-refractivity contribution is 14.1. The topological polar surface area (TPSA) is 76.7 Å². The van der Waals surface area contributed by atoms with Crippen LogP contribution in [0.4, 0.5) is 0 Å². The summed E-state index contributed by atoms with van der Waals surface area (Å²) in [5.74, 6) is -0.0460. The number of amides is 2. The number of methoxy groups -OCH3 is 1. The Morgan fingerprint density at radius 3 is 2.39 bits per heavy atom. The van der Waals surface area contributed by atoms with Gasteiger partial charge in [-0.3, -0.25) is 20.2 Å². The zero-order chi connectivity index (χ0) is 20.3. The Balaban J connectivity index is 1.86. The van der Waals surface area contributed by atoms with Gasteiger partial charge in [-0.15, -0.1) is 0 Å². The average molecular weight is 529 g/mol. The van der Waals surface area contributed by atoms with Crippen molar-refractivity contribution in [3.8, 4) is 11.5 Å². The van der Waals surface area contributed by atoms with E-state index >= 15 is 0 Å². The first-order valence-corrected chi connectivity index (χ1v) is 9.87. The molecular weight excluding hydrogens is 515 g/mol. The fourth-order valence-electron chi connectivity index (χ4n) is 2.47. The lowest BCUT2D eigenvalue weighted by molar-refractivity contribution is -0.123. The Hall–Kier alpha value is -2.17. The van der Waals surface area contributed by atoms with Gasteiger partial charge >= 0.3 is 0 Å². The first kappa shape index (κ1) is 20.6. The van der Waals surface area contributed by atoms with Crippen molar-refractivity contribution < 1.29 is 19.1 Å². The van der Waals surface area contributed by atoms with Gasteiger partial charge in [0.05, 0.1) is 10.7 Å². The van der Waals surface area contributed by atoms with Gasteiger partial charge in [0.2, 0.25) is 0 Å². The Labute approximate surface area is 185 Å². The standard InChI is InChI=1S/C19H14ClIN2O4S/c1-26-15-8-11(6-13-17(24)22-19(28)23-18(13)25)7-14(21)16(15)27-9-10-2-4-12(20)5-3-10/h2-8H,9H2,1H3,(H2,22,23,24,25,28). The van der Waals surface area contributed by atoms with Crippen LogP contribution in [0.25, 0.3) is 6.08 Å². The van der Waals surface area contributed by atoms with Gasteiger partial charge in [-0.25, -0.2) is 0 Å². The first-order chi connectivity index (χ1) is 13.4. The van der Waals surface area contributed by atoms with E-state index in [1.54, 1.807) is 24.3 Å². The third kappa shape index (κ3) is 4.81. The number of halogens is 2. The summed E-state index contributed by atoms with van der Waals surface area (Å²) in [5.41, 5.74) is 1.54. The smallest absolute Gasteiger partial charge is 0.263 e. The molecule has 144 valence electrons. The van der Waals surface area contributed by atoms with Crippen LogP contribution < -0.4 is 20.1 Å². The van der Waals surface area contributed by atoms with Gasteiger partial charge in [-0.05, 0) is 76.3 Å². The summed E-state index contributed by atoms with van der Waals surface area (Å²) in [4.78, 5) is 24.0. The van der Waals surface area contributed by atoms with Crippen LogP contribution in [0, 0.1) is 3.57 Å². The number of benzene rings is 2. The molecule has 3 rings (SSSR count). The molecule has 2 aromatic carbocycles. The lowest BCUT2D eigenvalue weighted by Gasteiger charge is -2.17. The Morgan fingerprint density at radius 2 is 1.79 bits per heavy atom. The van der Waals surface area contributed by atoms with Crippen molar-refractivity contribution >= 4 is 69.4 Å². The van der Waals surface area contributed by atoms with E-state index in [9.17, 15) is 9.59 Å². The van der Waals surface area contributed by atoms with Crippen LogP contribution >= 0.6 is 46.4 Å². The van der Waals surface area contributed by atoms with Gasteiger partial charge in [0.15, 0.2) is 16.6 Å². The molecular formula is C19H14ClIN2O4S. The molecule has 28 heavy (non-hydrogen) atoms. The Kier molecular flexibility index (Phi) is 6.53. The first-order valence-electron chi connectivity index (χ1n) is 8.00. The van der Waals surface area contributed by atoms with Gasteiger partial charge in [-0.1, -0.05) is 23.7 Å². The van der Waals surface area contributed by atoms with Crippen molar-refractivity contribution in [2.45, 2.75) is 6.61 Å². The molecule has 1 aliphatic heterocycles. The summed E-state index contributed by atoms with van der Waals surface area (Å²) in [5, 5.41) is 5.45. The van der Waals surface area contributed by atoms with Crippen molar-refractivity contribution in [3.05, 3.63) is 61.7 Å². The SMILES string of the molecule is COc1cc(C=C2C(=O)NC(=S)NC2=O)cc(I)c1OCc1ccc(Cl)cc1. The molecule has 2 aromatic rings. The second-order valence-electron chi connectivity index (χ2n) is 5.74. The maximum absolute atomic E-state index is 12.0. The molecule has 1 aliphatic rings. The van der Waals surface area contributed by atoms with Gasteiger partial charge in [-0.2, -0.15) is 0 Å². The molecule has 0 aliphatic carbocycles. The van der Waals surface area contributed by atoms with E-state index < -0.39 is 11.8 Å². The van der Waals surface area contributed by atoms with Crippen molar-refractivity contribution in [2.75, 3.05) is 7.11 Å². The van der Waals surface area contributed by atoms with Crippen LogP contribution in [0.5, 0.6) is 11.5 Å². The van der Waals surface area contributed by atoms with Crippen LogP contribution in [0.1, 0.15) is 11.1 Å². The van der Waals surface area contributed by atoms with Gasteiger partial charge < -0.3 is 9.47 Å². The Bertz CT molecular complexity index is 970. The highest BCUT2D eigenvalue weighted by Gasteiger charge is 2.26. The molecule has 0 radical (unpaired) electrons. The molecule has 1 heterocycles. The van der Waals surface area contributed by atoms with Gasteiger partial charge in [0.25, 0.3) is 11.8 Å².